The Morgan fingerprint density at radius 1 is 1.63 bits per heavy atom. The number of aliphatic hydroxyl groups is 1. The first-order chi connectivity index (χ1) is 11.4. The number of nitrogens with zero attached hydrogens (tertiary/aromatic N) is 1. The van der Waals surface area contributed by atoms with Crippen LogP contribution in [0.4, 0.5) is 0 Å². The molecule has 1 saturated carbocycles. The number of ether oxygens (including phenoxy) is 1. The molecule has 1 aromatic rings. The standard InChI is InChI=1S/C16H25NO2/c1-17(2)12-14-7-4-5-10-16(14,18)13-8-6-9-15(11-13)19-3/h6,8-9,11,14,18H,4-5,7,10,12H2,1-3H3/t14-,16+/m0/s1/i1D3,10D2,14D. The van der Waals surface area contributed by atoms with Gasteiger partial charge in [-0.1, -0.05) is 25.0 Å². The van der Waals surface area contributed by atoms with Gasteiger partial charge in [0.25, 0.3) is 0 Å². The summed E-state index contributed by atoms with van der Waals surface area (Å²) in [6, 6.07) is 6.38. The maximum absolute atomic E-state index is 11.5. The molecule has 3 nitrogen and oxygen atoms in total. The molecular weight excluding hydrogens is 238 g/mol. The normalized spacial score (nSPS) is 39.4. The van der Waals surface area contributed by atoms with Crippen LogP contribution in [0.2, 0.25) is 0 Å². The molecule has 2 atom stereocenters. The van der Waals surface area contributed by atoms with Crippen LogP contribution >= 0.6 is 0 Å². The first-order valence-electron chi connectivity index (χ1n) is 9.46. The Balaban J connectivity index is 2.56. The summed E-state index contributed by atoms with van der Waals surface area (Å²) in [6.45, 7) is -2.70. The number of methoxy groups -OCH3 is 1. The van der Waals surface area contributed by atoms with Crippen molar-refractivity contribution in [1.29, 1.82) is 0 Å². The predicted octanol–water partition coefficient (Wildman–Crippen LogP) is 2.63. The SMILES string of the molecule is [2H]C([2H])([2H])N(C)C[C@]1([2H])CCCC([2H])([2H])[C@@]1(O)c1cccc(OC)c1. The summed E-state index contributed by atoms with van der Waals surface area (Å²) in [6.07, 6.45) is -1.38. The first kappa shape index (κ1) is 8.28. The minimum atomic E-state index is -2.42. The van der Waals surface area contributed by atoms with E-state index in [-0.39, 0.29) is 24.9 Å². The van der Waals surface area contributed by atoms with Crippen molar-refractivity contribution in [1.82, 2.24) is 4.90 Å². The van der Waals surface area contributed by atoms with Gasteiger partial charge >= 0.3 is 0 Å². The van der Waals surface area contributed by atoms with Gasteiger partial charge in [-0.3, -0.25) is 0 Å². The molecule has 0 spiro atoms. The molecule has 1 N–H and O–H groups in total. The van der Waals surface area contributed by atoms with Gasteiger partial charge in [-0.15, -0.1) is 0 Å². The van der Waals surface area contributed by atoms with Crippen molar-refractivity contribution in [3.8, 4) is 5.75 Å². The summed E-state index contributed by atoms with van der Waals surface area (Å²) < 4.78 is 53.4. The highest BCUT2D eigenvalue weighted by atomic mass is 16.5. The van der Waals surface area contributed by atoms with Crippen LogP contribution in [-0.2, 0) is 5.60 Å². The second-order valence-electron chi connectivity index (χ2n) is 4.93. The van der Waals surface area contributed by atoms with Crippen LogP contribution in [0, 0.1) is 5.89 Å². The zero-order chi connectivity index (χ0) is 19.1. The highest BCUT2D eigenvalue weighted by molar-refractivity contribution is 5.33. The summed E-state index contributed by atoms with van der Waals surface area (Å²) in [4.78, 5) is 1.02. The highest BCUT2D eigenvalue weighted by Crippen LogP contribution is 2.42. The van der Waals surface area contributed by atoms with Crippen LogP contribution in [-0.4, -0.2) is 37.7 Å². The van der Waals surface area contributed by atoms with Crippen LogP contribution in [0.1, 0.15) is 39.4 Å². The molecule has 0 heterocycles. The van der Waals surface area contributed by atoms with Gasteiger partial charge in [0.15, 0.2) is 0 Å². The van der Waals surface area contributed by atoms with Crippen molar-refractivity contribution in [3.63, 3.8) is 0 Å². The molecular formula is C16H25NO2. The molecule has 0 unspecified atom stereocenters. The fourth-order valence-corrected chi connectivity index (χ4v) is 2.51. The van der Waals surface area contributed by atoms with E-state index in [2.05, 4.69) is 0 Å². The van der Waals surface area contributed by atoms with Crippen LogP contribution in [0.3, 0.4) is 0 Å². The van der Waals surface area contributed by atoms with E-state index in [1.807, 2.05) is 0 Å². The molecule has 2 rings (SSSR count). The van der Waals surface area contributed by atoms with E-state index in [1.54, 1.807) is 18.2 Å². The molecule has 19 heavy (non-hydrogen) atoms. The van der Waals surface area contributed by atoms with E-state index in [1.165, 1.54) is 20.2 Å². The maximum Gasteiger partial charge on any atom is 0.119 e. The van der Waals surface area contributed by atoms with E-state index < -0.39 is 24.8 Å². The van der Waals surface area contributed by atoms with Crippen molar-refractivity contribution >= 4 is 0 Å². The first-order valence-corrected chi connectivity index (χ1v) is 6.46. The number of benzene rings is 1. The molecule has 0 amide bonds. The summed E-state index contributed by atoms with van der Waals surface area (Å²) in [5, 5.41) is 11.5. The smallest absolute Gasteiger partial charge is 0.119 e. The monoisotopic (exact) mass is 269 g/mol. The molecule has 3 heteroatoms. The zero-order valence-corrected chi connectivity index (χ0v) is 11.4. The molecule has 0 saturated heterocycles. The summed E-state index contributed by atoms with van der Waals surface area (Å²) in [5.41, 5.74) is -1.93. The van der Waals surface area contributed by atoms with E-state index in [9.17, 15) is 5.11 Å². The Bertz CT molecular complexity index is 623. The summed E-state index contributed by atoms with van der Waals surface area (Å²) in [7, 11) is 2.83. The molecule has 1 aromatic carbocycles. The second kappa shape index (κ2) is 5.93. The van der Waals surface area contributed by atoms with Gasteiger partial charge in [-0.05, 0) is 44.5 Å². The van der Waals surface area contributed by atoms with E-state index in [0.29, 0.717) is 12.2 Å². The third kappa shape index (κ3) is 3.10. The summed E-state index contributed by atoms with van der Waals surface area (Å²) >= 11 is 0. The van der Waals surface area contributed by atoms with Crippen LogP contribution < -0.4 is 4.74 Å². The fourth-order valence-electron chi connectivity index (χ4n) is 2.51. The second-order valence-corrected chi connectivity index (χ2v) is 4.93. The van der Waals surface area contributed by atoms with Crippen molar-refractivity contribution < 1.29 is 18.1 Å². The van der Waals surface area contributed by atoms with Gasteiger partial charge < -0.3 is 14.7 Å². The molecule has 106 valence electrons. The van der Waals surface area contributed by atoms with Crippen molar-refractivity contribution in [2.45, 2.75) is 31.2 Å². The van der Waals surface area contributed by atoms with Crippen molar-refractivity contribution in [2.24, 2.45) is 5.89 Å². The molecule has 0 radical (unpaired) electrons. The molecule has 0 aromatic heterocycles. The average molecular weight is 269 g/mol. The van der Waals surface area contributed by atoms with Crippen molar-refractivity contribution in [2.75, 3.05) is 27.7 Å². The molecule has 1 aliphatic carbocycles. The summed E-state index contributed by atoms with van der Waals surface area (Å²) in [5.74, 6) is -1.27. The topological polar surface area (TPSA) is 32.7 Å². The lowest BCUT2D eigenvalue weighted by atomic mass is 9.71. The quantitative estimate of drug-likeness (QED) is 0.912. The Hall–Kier alpha value is -1.06. The van der Waals surface area contributed by atoms with Crippen molar-refractivity contribution in [3.05, 3.63) is 29.8 Å². The van der Waals surface area contributed by atoms with E-state index in [0.717, 1.165) is 4.90 Å². The molecule has 1 aliphatic rings. The Kier molecular flexibility index (Phi) is 2.58. The number of rotatable bonds is 4. The Labute approximate surface area is 124 Å². The molecule has 1 fully saturated rings. The third-order valence-corrected chi connectivity index (χ3v) is 3.46. The highest BCUT2D eigenvalue weighted by Gasteiger charge is 2.40. The molecule has 0 aliphatic heterocycles. The van der Waals surface area contributed by atoms with Gasteiger partial charge in [0, 0.05) is 20.7 Å². The fraction of sp³-hybridized carbons (Fsp3) is 0.625. The maximum atomic E-state index is 11.5. The average Bonchev–Trinajstić information content (AvgIpc) is 2.51. The van der Waals surface area contributed by atoms with E-state index in [4.69, 9.17) is 13.0 Å². The number of hydrogen-bond donors (Lipinski definition) is 1. The van der Waals surface area contributed by atoms with E-state index >= 15 is 0 Å². The lowest BCUT2D eigenvalue weighted by molar-refractivity contribution is -0.0619. The van der Waals surface area contributed by atoms with Crippen LogP contribution in [0.25, 0.3) is 0 Å². The van der Waals surface area contributed by atoms with Gasteiger partial charge in [-0.25, -0.2) is 0 Å². The van der Waals surface area contributed by atoms with Gasteiger partial charge in [0.1, 0.15) is 5.75 Å². The van der Waals surface area contributed by atoms with Gasteiger partial charge in [0.2, 0.25) is 0 Å². The lowest BCUT2D eigenvalue weighted by Crippen LogP contribution is -2.43. The predicted molar refractivity (Wildman–Crippen MR) is 77.4 cm³/mol. The van der Waals surface area contributed by atoms with Gasteiger partial charge in [0.05, 0.1) is 12.7 Å². The Morgan fingerprint density at radius 3 is 3.21 bits per heavy atom. The minimum absolute atomic E-state index is 0.0961. The van der Waals surface area contributed by atoms with Gasteiger partial charge in [-0.2, -0.15) is 0 Å². The minimum Gasteiger partial charge on any atom is -0.497 e. The number of hydrogen-bond acceptors (Lipinski definition) is 3. The largest absolute Gasteiger partial charge is 0.497 e. The van der Waals surface area contributed by atoms with Crippen LogP contribution in [0.15, 0.2) is 24.3 Å². The lowest BCUT2D eigenvalue weighted by Gasteiger charge is -2.41. The third-order valence-electron chi connectivity index (χ3n) is 3.46. The zero-order valence-electron chi connectivity index (χ0n) is 17.4. The molecule has 0 bridgehead atoms. The Morgan fingerprint density at radius 2 is 2.47 bits per heavy atom. The van der Waals surface area contributed by atoms with Crippen LogP contribution in [0.5, 0.6) is 5.75 Å².